The van der Waals surface area contributed by atoms with Gasteiger partial charge in [-0.3, -0.25) is 9.59 Å². The molecule has 0 aliphatic heterocycles. The average molecular weight is 316 g/mol. The molecule has 2 rings (SSSR count). The number of nitrogens with one attached hydrogen (secondary N) is 1. The quantitative estimate of drug-likeness (QED) is 0.877. The molecule has 23 heavy (non-hydrogen) atoms. The monoisotopic (exact) mass is 316 g/mol. The number of rotatable bonds is 6. The van der Waals surface area contributed by atoms with Crippen LogP contribution in [0.2, 0.25) is 0 Å². The summed E-state index contributed by atoms with van der Waals surface area (Å²) >= 11 is 0. The number of carbonyl (C=O) groups excluding carboxylic acids is 2. The van der Waals surface area contributed by atoms with Gasteiger partial charge in [-0.1, -0.05) is 37.1 Å². The maximum absolute atomic E-state index is 12.3. The zero-order chi connectivity index (χ0) is 16.8. The smallest absolute Gasteiger partial charge is 0.224 e. The molecule has 4 nitrogen and oxygen atoms in total. The van der Waals surface area contributed by atoms with Gasteiger partial charge in [0, 0.05) is 32.0 Å². The van der Waals surface area contributed by atoms with Gasteiger partial charge in [-0.15, -0.1) is 0 Å². The van der Waals surface area contributed by atoms with Gasteiger partial charge >= 0.3 is 0 Å². The Bertz CT molecular complexity index is 550. The van der Waals surface area contributed by atoms with Crippen LogP contribution in [0.25, 0.3) is 0 Å². The fourth-order valence-corrected chi connectivity index (χ4v) is 3.15. The lowest BCUT2D eigenvalue weighted by atomic mass is 10.1. The Morgan fingerprint density at radius 3 is 2.57 bits per heavy atom. The summed E-state index contributed by atoms with van der Waals surface area (Å²) in [4.78, 5) is 26.2. The van der Waals surface area contributed by atoms with Crippen molar-refractivity contribution in [1.82, 2.24) is 10.2 Å². The van der Waals surface area contributed by atoms with Crippen molar-refractivity contribution in [2.75, 3.05) is 7.05 Å². The molecule has 1 N–H and O–H groups in total. The first kappa shape index (κ1) is 17.5. The van der Waals surface area contributed by atoms with Crippen molar-refractivity contribution in [3.05, 3.63) is 35.4 Å². The number of hydrogen-bond acceptors (Lipinski definition) is 2. The van der Waals surface area contributed by atoms with Crippen molar-refractivity contribution in [3.63, 3.8) is 0 Å². The molecule has 0 aromatic heterocycles. The molecule has 0 radical (unpaired) electrons. The predicted octanol–water partition coefficient (Wildman–Crippen LogP) is 3.04. The van der Waals surface area contributed by atoms with E-state index in [2.05, 4.69) is 18.3 Å². The highest BCUT2D eigenvalue weighted by Crippen LogP contribution is 2.24. The second-order valence-electron chi connectivity index (χ2n) is 6.77. The molecule has 1 aliphatic rings. The third kappa shape index (κ3) is 5.08. The summed E-state index contributed by atoms with van der Waals surface area (Å²) in [5.74, 6) is 0.328. The molecule has 1 aliphatic carbocycles. The first-order chi connectivity index (χ1) is 11.0. The number of nitrogens with zero attached hydrogens (tertiary/aromatic N) is 1. The first-order valence-electron chi connectivity index (χ1n) is 8.56. The van der Waals surface area contributed by atoms with Crippen molar-refractivity contribution < 1.29 is 9.59 Å². The van der Waals surface area contributed by atoms with Crippen molar-refractivity contribution in [1.29, 1.82) is 0 Å². The highest BCUT2D eigenvalue weighted by atomic mass is 16.2. The SMILES string of the molecule is Cc1ccccc1CN(C)C(=O)C[C@@H](C)NC(=O)C1CCCC1. The minimum atomic E-state index is -0.116. The van der Waals surface area contributed by atoms with Gasteiger partial charge in [-0.25, -0.2) is 0 Å². The summed E-state index contributed by atoms with van der Waals surface area (Å²) in [6.45, 7) is 4.57. The minimum absolute atomic E-state index is 0.0625. The van der Waals surface area contributed by atoms with E-state index in [9.17, 15) is 9.59 Å². The molecular weight excluding hydrogens is 288 g/mol. The maximum atomic E-state index is 12.3. The molecule has 1 aromatic rings. The van der Waals surface area contributed by atoms with Gasteiger partial charge in [0.15, 0.2) is 0 Å². The van der Waals surface area contributed by atoms with E-state index in [1.807, 2.05) is 32.2 Å². The standard InChI is InChI=1S/C19H28N2O2/c1-14-8-4-5-11-17(14)13-21(3)18(22)12-15(2)20-19(23)16-9-6-7-10-16/h4-5,8,11,15-16H,6-7,9-10,12-13H2,1-3H3,(H,20,23)/t15-/m1/s1. The van der Waals surface area contributed by atoms with Crippen LogP contribution in [-0.2, 0) is 16.1 Å². The third-order valence-corrected chi connectivity index (χ3v) is 4.69. The first-order valence-corrected chi connectivity index (χ1v) is 8.56. The Labute approximate surface area is 139 Å². The zero-order valence-corrected chi connectivity index (χ0v) is 14.5. The lowest BCUT2D eigenvalue weighted by Crippen LogP contribution is -2.40. The molecule has 1 atom stereocenters. The molecule has 0 bridgehead atoms. The fraction of sp³-hybridized carbons (Fsp3) is 0.579. The largest absolute Gasteiger partial charge is 0.353 e. The summed E-state index contributed by atoms with van der Waals surface area (Å²) in [6, 6.07) is 7.98. The van der Waals surface area contributed by atoms with Crippen LogP contribution in [0.1, 0.15) is 50.2 Å². The van der Waals surface area contributed by atoms with E-state index in [4.69, 9.17) is 0 Å². The number of hydrogen-bond donors (Lipinski definition) is 1. The summed E-state index contributed by atoms with van der Waals surface area (Å²) < 4.78 is 0. The van der Waals surface area contributed by atoms with E-state index in [1.165, 1.54) is 5.56 Å². The van der Waals surface area contributed by atoms with Gasteiger partial charge < -0.3 is 10.2 Å². The summed E-state index contributed by atoms with van der Waals surface area (Å²) in [6.07, 6.45) is 4.61. The van der Waals surface area contributed by atoms with E-state index in [0.717, 1.165) is 31.2 Å². The molecule has 2 amide bonds. The fourth-order valence-electron chi connectivity index (χ4n) is 3.15. The summed E-state index contributed by atoms with van der Waals surface area (Å²) in [7, 11) is 1.82. The van der Waals surface area contributed by atoms with E-state index < -0.39 is 0 Å². The van der Waals surface area contributed by atoms with E-state index in [1.54, 1.807) is 4.90 Å². The van der Waals surface area contributed by atoms with Crippen molar-refractivity contribution in [3.8, 4) is 0 Å². The maximum Gasteiger partial charge on any atom is 0.224 e. The van der Waals surface area contributed by atoms with Crippen LogP contribution in [0.5, 0.6) is 0 Å². The van der Waals surface area contributed by atoms with Crippen LogP contribution in [0.15, 0.2) is 24.3 Å². The average Bonchev–Trinajstić information content (AvgIpc) is 3.03. The van der Waals surface area contributed by atoms with Crippen LogP contribution < -0.4 is 5.32 Å². The van der Waals surface area contributed by atoms with Gasteiger partial charge in [0.2, 0.25) is 11.8 Å². The Morgan fingerprint density at radius 1 is 1.26 bits per heavy atom. The molecule has 1 saturated carbocycles. The molecule has 1 fully saturated rings. The van der Waals surface area contributed by atoms with Crippen LogP contribution in [0.4, 0.5) is 0 Å². The Balaban J connectivity index is 1.80. The van der Waals surface area contributed by atoms with Crippen molar-refractivity contribution in [2.45, 2.75) is 58.5 Å². The Morgan fingerprint density at radius 2 is 1.91 bits per heavy atom. The Kier molecular flexibility index (Phi) is 6.20. The normalized spacial score (nSPS) is 16.1. The number of amides is 2. The van der Waals surface area contributed by atoms with Gasteiger partial charge in [-0.05, 0) is 37.8 Å². The van der Waals surface area contributed by atoms with Crippen LogP contribution in [0.3, 0.4) is 0 Å². The molecule has 0 saturated heterocycles. The highest BCUT2D eigenvalue weighted by molar-refractivity contribution is 5.81. The van der Waals surface area contributed by atoms with Crippen LogP contribution in [-0.4, -0.2) is 29.8 Å². The van der Waals surface area contributed by atoms with Crippen molar-refractivity contribution >= 4 is 11.8 Å². The van der Waals surface area contributed by atoms with Gasteiger partial charge in [-0.2, -0.15) is 0 Å². The van der Waals surface area contributed by atoms with Gasteiger partial charge in [0.1, 0.15) is 0 Å². The number of carbonyl (C=O) groups is 2. The second-order valence-corrected chi connectivity index (χ2v) is 6.77. The van der Waals surface area contributed by atoms with Crippen LogP contribution >= 0.6 is 0 Å². The minimum Gasteiger partial charge on any atom is -0.353 e. The topological polar surface area (TPSA) is 49.4 Å². The third-order valence-electron chi connectivity index (χ3n) is 4.69. The lowest BCUT2D eigenvalue weighted by Gasteiger charge is -2.22. The molecular formula is C19H28N2O2. The molecule has 1 aromatic carbocycles. The second kappa shape index (κ2) is 8.14. The number of benzene rings is 1. The zero-order valence-electron chi connectivity index (χ0n) is 14.5. The Hall–Kier alpha value is -1.84. The highest BCUT2D eigenvalue weighted by Gasteiger charge is 2.24. The predicted molar refractivity (Wildman–Crippen MR) is 91.8 cm³/mol. The summed E-state index contributed by atoms with van der Waals surface area (Å²) in [5, 5.41) is 3.00. The molecule has 4 heteroatoms. The molecule has 0 spiro atoms. The van der Waals surface area contributed by atoms with Crippen molar-refractivity contribution in [2.24, 2.45) is 5.92 Å². The molecule has 126 valence electrons. The van der Waals surface area contributed by atoms with E-state index in [-0.39, 0.29) is 23.8 Å². The van der Waals surface area contributed by atoms with E-state index in [0.29, 0.717) is 13.0 Å². The van der Waals surface area contributed by atoms with Gasteiger partial charge in [0.05, 0.1) is 0 Å². The van der Waals surface area contributed by atoms with E-state index >= 15 is 0 Å². The lowest BCUT2D eigenvalue weighted by molar-refractivity contribution is -0.131. The van der Waals surface area contributed by atoms with Gasteiger partial charge in [0.25, 0.3) is 0 Å². The molecule has 0 unspecified atom stereocenters. The van der Waals surface area contributed by atoms with Crippen LogP contribution in [0, 0.1) is 12.8 Å². The molecule has 0 heterocycles. The summed E-state index contributed by atoms with van der Waals surface area (Å²) in [5.41, 5.74) is 2.35. The number of aryl methyl sites for hydroxylation is 1.